The molecule has 186 valence electrons. The van der Waals surface area contributed by atoms with E-state index in [-0.39, 0.29) is 22.9 Å². The first-order valence-corrected chi connectivity index (χ1v) is 10.5. The van der Waals surface area contributed by atoms with Crippen LogP contribution in [0.15, 0.2) is 66.9 Å². The van der Waals surface area contributed by atoms with Crippen LogP contribution in [0.2, 0.25) is 0 Å². The molecule has 4 aromatic rings. The van der Waals surface area contributed by atoms with E-state index in [9.17, 15) is 18.0 Å². The van der Waals surface area contributed by atoms with Gasteiger partial charge in [0.1, 0.15) is 23.1 Å². The Morgan fingerprint density at radius 2 is 1.67 bits per heavy atom. The number of methoxy groups -OCH3 is 2. The first kappa shape index (κ1) is 24.5. The molecule has 0 saturated heterocycles. The number of halogens is 3. The van der Waals surface area contributed by atoms with Gasteiger partial charge in [0, 0.05) is 35.5 Å². The first-order valence-electron chi connectivity index (χ1n) is 10.5. The number of alkyl halides is 2. The summed E-state index contributed by atoms with van der Waals surface area (Å²) in [5, 5.41) is 5.40. The van der Waals surface area contributed by atoms with Crippen LogP contribution in [-0.4, -0.2) is 31.8 Å². The van der Waals surface area contributed by atoms with E-state index in [4.69, 9.17) is 14.2 Å². The number of hydrogen-bond acceptors (Lipinski definition) is 6. The highest BCUT2D eigenvalue weighted by Gasteiger charge is 2.14. The molecule has 0 aliphatic heterocycles. The molecule has 36 heavy (non-hydrogen) atoms. The fourth-order valence-corrected chi connectivity index (χ4v) is 3.36. The van der Waals surface area contributed by atoms with Gasteiger partial charge in [-0.2, -0.15) is 8.78 Å². The summed E-state index contributed by atoms with van der Waals surface area (Å²) in [5.41, 5.74) is 0.650. The van der Waals surface area contributed by atoms with Crippen molar-refractivity contribution in [2.75, 3.05) is 24.9 Å². The van der Waals surface area contributed by atoms with E-state index in [2.05, 4.69) is 20.4 Å². The third-order valence-corrected chi connectivity index (χ3v) is 4.94. The van der Waals surface area contributed by atoms with Gasteiger partial charge >= 0.3 is 12.6 Å². The Morgan fingerprint density at radius 3 is 2.39 bits per heavy atom. The molecule has 1 aromatic heterocycles. The van der Waals surface area contributed by atoms with Gasteiger partial charge in [-0.15, -0.1) is 0 Å². The SMILES string of the molecule is COc1cc2nccc(Oc3ccc(NC(=O)Nc4cccc(OC(F)F)c4)c(F)c3)c2cc1OC. The van der Waals surface area contributed by atoms with Crippen LogP contribution in [0, 0.1) is 5.82 Å². The van der Waals surface area contributed by atoms with Crippen molar-refractivity contribution in [2.45, 2.75) is 6.61 Å². The molecule has 0 fully saturated rings. The lowest BCUT2D eigenvalue weighted by atomic mass is 10.2. The lowest BCUT2D eigenvalue weighted by molar-refractivity contribution is -0.0498. The van der Waals surface area contributed by atoms with Crippen molar-refractivity contribution < 1.29 is 36.9 Å². The second-order valence-electron chi connectivity index (χ2n) is 7.26. The smallest absolute Gasteiger partial charge is 0.387 e. The van der Waals surface area contributed by atoms with Crippen LogP contribution in [0.3, 0.4) is 0 Å². The summed E-state index contributed by atoms with van der Waals surface area (Å²) < 4.78 is 60.2. The van der Waals surface area contributed by atoms with Crippen molar-refractivity contribution in [3.05, 3.63) is 72.7 Å². The maximum Gasteiger partial charge on any atom is 0.387 e. The highest BCUT2D eigenvalue weighted by Crippen LogP contribution is 2.37. The van der Waals surface area contributed by atoms with Gasteiger partial charge in [-0.05, 0) is 36.4 Å². The molecular formula is C25H20F3N3O5. The molecular weight excluding hydrogens is 479 g/mol. The maximum atomic E-state index is 14.7. The number of pyridine rings is 1. The Hall–Kier alpha value is -4.67. The third kappa shape index (κ3) is 5.69. The van der Waals surface area contributed by atoms with Gasteiger partial charge in [0.2, 0.25) is 0 Å². The number of carbonyl (C=O) groups excluding carboxylic acids is 1. The zero-order chi connectivity index (χ0) is 25.7. The Morgan fingerprint density at radius 1 is 0.889 bits per heavy atom. The van der Waals surface area contributed by atoms with E-state index < -0.39 is 18.5 Å². The van der Waals surface area contributed by atoms with Crippen molar-refractivity contribution in [3.63, 3.8) is 0 Å². The van der Waals surface area contributed by atoms with Crippen LogP contribution in [-0.2, 0) is 0 Å². The minimum Gasteiger partial charge on any atom is -0.493 e. The van der Waals surface area contributed by atoms with Crippen LogP contribution < -0.4 is 29.6 Å². The van der Waals surface area contributed by atoms with E-state index >= 15 is 0 Å². The first-order chi connectivity index (χ1) is 17.4. The minimum absolute atomic E-state index is 0.120. The Bertz CT molecular complexity index is 1400. The summed E-state index contributed by atoms with van der Waals surface area (Å²) in [7, 11) is 3.02. The Balaban J connectivity index is 1.48. The Labute approximate surface area is 203 Å². The molecule has 0 atom stereocenters. The molecule has 0 spiro atoms. The maximum absolute atomic E-state index is 14.7. The monoisotopic (exact) mass is 499 g/mol. The fraction of sp³-hybridized carbons (Fsp3) is 0.120. The molecule has 2 amide bonds. The molecule has 8 nitrogen and oxygen atoms in total. The topological polar surface area (TPSA) is 90.9 Å². The van der Waals surface area contributed by atoms with Crippen molar-refractivity contribution >= 4 is 28.3 Å². The highest BCUT2D eigenvalue weighted by atomic mass is 19.3. The summed E-state index contributed by atoms with van der Waals surface area (Å²) in [5.74, 6) is 0.682. The number of fused-ring (bicyclic) bond motifs is 1. The summed E-state index contributed by atoms with van der Waals surface area (Å²) in [6, 6.07) is 13.6. The van der Waals surface area contributed by atoms with E-state index in [0.717, 1.165) is 6.07 Å². The molecule has 3 aromatic carbocycles. The molecule has 0 unspecified atom stereocenters. The van der Waals surface area contributed by atoms with Crippen molar-refractivity contribution in [2.24, 2.45) is 0 Å². The molecule has 4 rings (SSSR count). The molecule has 0 radical (unpaired) electrons. The molecule has 0 bridgehead atoms. The quantitative estimate of drug-likeness (QED) is 0.290. The lowest BCUT2D eigenvalue weighted by Gasteiger charge is -2.13. The number of amides is 2. The van der Waals surface area contributed by atoms with Crippen molar-refractivity contribution in [1.29, 1.82) is 0 Å². The summed E-state index contributed by atoms with van der Waals surface area (Å²) in [6.07, 6.45) is 1.54. The number of rotatable bonds is 8. The van der Waals surface area contributed by atoms with E-state index in [0.29, 0.717) is 28.2 Å². The lowest BCUT2D eigenvalue weighted by Crippen LogP contribution is -2.20. The molecule has 0 aliphatic rings. The number of nitrogens with one attached hydrogen (secondary N) is 2. The third-order valence-electron chi connectivity index (χ3n) is 4.94. The van der Waals surface area contributed by atoms with Crippen LogP contribution in [0.1, 0.15) is 0 Å². The molecule has 0 aliphatic carbocycles. The van der Waals surface area contributed by atoms with Crippen LogP contribution in [0.5, 0.6) is 28.7 Å². The van der Waals surface area contributed by atoms with Gasteiger partial charge in [0.05, 0.1) is 25.4 Å². The molecule has 2 N–H and O–H groups in total. The number of anilines is 2. The molecule has 11 heteroatoms. The van der Waals surface area contributed by atoms with E-state index in [1.807, 2.05) is 0 Å². The molecule has 1 heterocycles. The van der Waals surface area contributed by atoms with Crippen molar-refractivity contribution in [3.8, 4) is 28.7 Å². The average molecular weight is 499 g/mol. The number of benzene rings is 3. The number of carbonyl (C=O) groups is 1. The molecule has 0 saturated carbocycles. The van der Waals surface area contributed by atoms with Gasteiger partial charge in [-0.1, -0.05) is 6.07 Å². The average Bonchev–Trinajstić information content (AvgIpc) is 2.85. The fourth-order valence-electron chi connectivity index (χ4n) is 3.36. The zero-order valence-corrected chi connectivity index (χ0v) is 19.1. The van der Waals surface area contributed by atoms with Gasteiger partial charge in [0.25, 0.3) is 0 Å². The summed E-state index contributed by atoms with van der Waals surface area (Å²) in [4.78, 5) is 16.6. The van der Waals surface area contributed by atoms with Gasteiger partial charge in [-0.25, -0.2) is 9.18 Å². The normalized spacial score (nSPS) is 10.7. The highest BCUT2D eigenvalue weighted by molar-refractivity contribution is 6.00. The number of ether oxygens (including phenoxy) is 4. The van der Waals surface area contributed by atoms with Crippen LogP contribution >= 0.6 is 0 Å². The number of aromatic nitrogens is 1. The number of nitrogens with zero attached hydrogens (tertiary/aromatic N) is 1. The van der Waals surface area contributed by atoms with Gasteiger partial charge in [0.15, 0.2) is 11.5 Å². The second-order valence-corrected chi connectivity index (χ2v) is 7.26. The van der Waals surface area contributed by atoms with Gasteiger partial charge in [-0.3, -0.25) is 4.98 Å². The number of hydrogen-bond donors (Lipinski definition) is 2. The van der Waals surface area contributed by atoms with Crippen LogP contribution in [0.4, 0.5) is 29.3 Å². The predicted octanol–water partition coefficient (Wildman–Crippen LogP) is 6.43. The van der Waals surface area contributed by atoms with Gasteiger partial charge < -0.3 is 29.6 Å². The summed E-state index contributed by atoms with van der Waals surface area (Å²) in [6.45, 7) is -3.00. The standard InChI is InChI=1S/C25H20F3N3O5/c1-33-22-12-17-20(13-23(22)34-2)29-9-8-21(17)35-16-6-7-19(18(26)11-16)31-25(32)30-14-4-3-5-15(10-14)36-24(27)28/h3-13,24H,1-2H3,(H2,30,31,32). The van der Waals surface area contributed by atoms with E-state index in [1.54, 1.807) is 24.4 Å². The largest absolute Gasteiger partial charge is 0.493 e. The predicted molar refractivity (Wildman–Crippen MR) is 127 cm³/mol. The van der Waals surface area contributed by atoms with Crippen molar-refractivity contribution in [1.82, 2.24) is 4.98 Å². The van der Waals surface area contributed by atoms with Crippen LogP contribution in [0.25, 0.3) is 10.9 Å². The second kappa shape index (κ2) is 10.7. The summed E-state index contributed by atoms with van der Waals surface area (Å²) >= 11 is 0. The zero-order valence-electron chi connectivity index (χ0n) is 19.1. The van der Waals surface area contributed by atoms with E-state index in [1.165, 1.54) is 50.6 Å². The minimum atomic E-state index is -3.00. The number of urea groups is 1. The Kier molecular flexibility index (Phi) is 7.28.